The predicted molar refractivity (Wildman–Crippen MR) is 66.9 cm³/mol. The third-order valence-electron chi connectivity index (χ3n) is 3.53. The first-order valence-electron chi connectivity index (χ1n) is 6.61. The van der Waals surface area contributed by atoms with Gasteiger partial charge in [-0.05, 0) is 25.7 Å². The van der Waals surface area contributed by atoms with Crippen LogP contribution in [0.25, 0.3) is 0 Å². The van der Waals surface area contributed by atoms with E-state index in [2.05, 4.69) is 10.2 Å². The topological polar surface area (TPSA) is 76.0 Å². The maximum atomic E-state index is 9.00. The molecule has 0 spiro atoms. The molecule has 0 bridgehead atoms. The van der Waals surface area contributed by atoms with Crippen molar-refractivity contribution in [1.82, 2.24) is 10.2 Å². The second-order valence-electron chi connectivity index (χ2n) is 4.67. The van der Waals surface area contributed by atoms with Gasteiger partial charge in [-0.15, -0.1) is 0 Å². The first kappa shape index (κ1) is 14.9. The van der Waals surface area contributed by atoms with Crippen molar-refractivity contribution in [2.24, 2.45) is 0 Å². The summed E-state index contributed by atoms with van der Waals surface area (Å²) >= 11 is 0. The molecule has 0 unspecified atom stereocenters. The highest BCUT2D eigenvalue weighted by atomic mass is 16.3. The molecule has 5 nitrogen and oxygen atoms in total. The Morgan fingerprint density at radius 2 is 1.47 bits per heavy atom. The molecule has 1 saturated carbocycles. The van der Waals surface area contributed by atoms with Crippen molar-refractivity contribution in [2.75, 3.05) is 39.5 Å². The summed E-state index contributed by atoms with van der Waals surface area (Å²) in [6.07, 6.45) is 4.42. The van der Waals surface area contributed by atoms with E-state index in [9.17, 15) is 0 Å². The van der Waals surface area contributed by atoms with Crippen molar-refractivity contribution < 1.29 is 15.3 Å². The number of aliphatic hydroxyl groups is 3. The van der Waals surface area contributed by atoms with Gasteiger partial charge >= 0.3 is 0 Å². The highest BCUT2D eigenvalue weighted by Gasteiger charge is 2.24. The second-order valence-corrected chi connectivity index (χ2v) is 4.67. The summed E-state index contributed by atoms with van der Waals surface area (Å²) in [5.74, 6) is 0. The average molecular weight is 246 g/mol. The molecule has 0 radical (unpaired) electrons. The fourth-order valence-electron chi connectivity index (χ4n) is 2.65. The molecule has 1 aliphatic carbocycles. The van der Waals surface area contributed by atoms with Gasteiger partial charge in [0.2, 0.25) is 0 Å². The lowest BCUT2D eigenvalue weighted by atomic mass is 9.90. The summed E-state index contributed by atoms with van der Waals surface area (Å²) in [6.45, 7) is 2.48. The Morgan fingerprint density at radius 3 is 1.94 bits per heavy atom. The summed E-state index contributed by atoms with van der Waals surface area (Å²) in [6, 6.07) is 1.00. The number of rotatable bonds is 8. The van der Waals surface area contributed by atoms with E-state index in [-0.39, 0.29) is 19.8 Å². The highest BCUT2D eigenvalue weighted by molar-refractivity contribution is 4.82. The monoisotopic (exact) mass is 246 g/mol. The fraction of sp³-hybridized carbons (Fsp3) is 1.00. The Bertz CT molecular complexity index is 179. The van der Waals surface area contributed by atoms with Gasteiger partial charge < -0.3 is 20.6 Å². The van der Waals surface area contributed by atoms with E-state index in [1.807, 2.05) is 0 Å². The SMILES string of the molecule is OCCNC1CCC(N(CCO)CCO)CC1. The lowest BCUT2D eigenvalue weighted by Crippen LogP contribution is -2.45. The summed E-state index contributed by atoms with van der Waals surface area (Å²) in [5.41, 5.74) is 0. The molecule has 0 aromatic heterocycles. The van der Waals surface area contributed by atoms with Crippen LogP contribution in [0.2, 0.25) is 0 Å². The molecular formula is C12H26N2O3. The number of nitrogens with one attached hydrogen (secondary N) is 1. The van der Waals surface area contributed by atoms with Crippen LogP contribution in [0.5, 0.6) is 0 Å². The first-order chi connectivity index (χ1) is 8.31. The number of hydrogen-bond acceptors (Lipinski definition) is 5. The molecule has 0 aliphatic heterocycles. The molecule has 1 fully saturated rings. The molecule has 0 saturated heterocycles. The Morgan fingerprint density at radius 1 is 0.882 bits per heavy atom. The molecule has 0 aromatic rings. The van der Waals surface area contributed by atoms with E-state index in [1.165, 1.54) is 0 Å². The summed E-state index contributed by atoms with van der Waals surface area (Å²) in [5, 5.41) is 30.1. The fourth-order valence-corrected chi connectivity index (χ4v) is 2.65. The summed E-state index contributed by atoms with van der Waals surface area (Å²) in [4.78, 5) is 2.18. The van der Waals surface area contributed by atoms with Gasteiger partial charge in [-0.2, -0.15) is 0 Å². The first-order valence-corrected chi connectivity index (χ1v) is 6.61. The third kappa shape index (κ3) is 5.31. The molecule has 0 atom stereocenters. The van der Waals surface area contributed by atoms with E-state index >= 15 is 0 Å². The smallest absolute Gasteiger partial charge is 0.0558 e. The molecule has 1 aliphatic rings. The maximum Gasteiger partial charge on any atom is 0.0558 e. The van der Waals surface area contributed by atoms with Crippen LogP contribution in [-0.2, 0) is 0 Å². The van der Waals surface area contributed by atoms with Gasteiger partial charge in [0, 0.05) is 31.7 Å². The van der Waals surface area contributed by atoms with Gasteiger partial charge in [0.25, 0.3) is 0 Å². The molecule has 4 N–H and O–H groups in total. The number of nitrogens with zero attached hydrogens (tertiary/aromatic N) is 1. The average Bonchev–Trinajstić information content (AvgIpc) is 2.37. The van der Waals surface area contributed by atoms with Gasteiger partial charge in [0.1, 0.15) is 0 Å². The minimum Gasteiger partial charge on any atom is -0.395 e. The van der Waals surface area contributed by atoms with Crippen LogP contribution in [0.4, 0.5) is 0 Å². The maximum absolute atomic E-state index is 9.00. The lowest BCUT2D eigenvalue weighted by molar-refractivity contribution is 0.0944. The van der Waals surface area contributed by atoms with Crippen LogP contribution < -0.4 is 5.32 Å². The van der Waals surface area contributed by atoms with Gasteiger partial charge in [0.05, 0.1) is 19.8 Å². The van der Waals surface area contributed by atoms with E-state index in [0.29, 0.717) is 31.7 Å². The van der Waals surface area contributed by atoms with Crippen molar-refractivity contribution >= 4 is 0 Å². The zero-order valence-electron chi connectivity index (χ0n) is 10.5. The van der Waals surface area contributed by atoms with Crippen LogP contribution in [0, 0.1) is 0 Å². The molecule has 1 rings (SSSR count). The molecular weight excluding hydrogens is 220 g/mol. The number of aliphatic hydroxyl groups excluding tert-OH is 3. The molecule has 17 heavy (non-hydrogen) atoms. The third-order valence-corrected chi connectivity index (χ3v) is 3.53. The van der Waals surface area contributed by atoms with Gasteiger partial charge in [-0.1, -0.05) is 0 Å². The minimum atomic E-state index is 0.155. The van der Waals surface area contributed by atoms with Crippen LogP contribution in [0.3, 0.4) is 0 Å². The highest BCUT2D eigenvalue weighted by Crippen LogP contribution is 2.22. The van der Waals surface area contributed by atoms with Crippen LogP contribution in [0.1, 0.15) is 25.7 Å². The van der Waals surface area contributed by atoms with Crippen LogP contribution >= 0.6 is 0 Å². The van der Waals surface area contributed by atoms with E-state index in [4.69, 9.17) is 15.3 Å². The van der Waals surface area contributed by atoms with Crippen molar-refractivity contribution in [1.29, 1.82) is 0 Å². The summed E-state index contributed by atoms with van der Waals surface area (Å²) in [7, 11) is 0. The predicted octanol–water partition coefficient (Wildman–Crippen LogP) is -0.834. The zero-order valence-corrected chi connectivity index (χ0v) is 10.5. The normalized spacial score (nSPS) is 25.4. The lowest BCUT2D eigenvalue weighted by Gasteiger charge is -2.36. The van der Waals surface area contributed by atoms with E-state index in [0.717, 1.165) is 25.7 Å². The molecule has 102 valence electrons. The molecule has 5 heteroatoms. The largest absolute Gasteiger partial charge is 0.395 e. The van der Waals surface area contributed by atoms with E-state index in [1.54, 1.807) is 0 Å². The van der Waals surface area contributed by atoms with Gasteiger partial charge in [0.15, 0.2) is 0 Å². The van der Waals surface area contributed by atoms with Gasteiger partial charge in [-0.3, -0.25) is 4.90 Å². The Hall–Kier alpha value is -0.200. The Kier molecular flexibility index (Phi) is 7.72. The minimum absolute atomic E-state index is 0.155. The van der Waals surface area contributed by atoms with Crippen LogP contribution in [-0.4, -0.2) is 71.8 Å². The number of hydrogen-bond donors (Lipinski definition) is 4. The molecule has 0 aromatic carbocycles. The molecule has 0 heterocycles. The molecule has 0 amide bonds. The standard InChI is InChI=1S/C12H26N2O3/c15-8-5-13-11-1-3-12(4-2-11)14(6-9-16)7-10-17/h11-13,15-17H,1-10H2. The van der Waals surface area contributed by atoms with Crippen molar-refractivity contribution in [3.8, 4) is 0 Å². The van der Waals surface area contributed by atoms with Gasteiger partial charge in [-0.25, -0.2) is 0 Å². The Labute approximate surface area is 103 Å². The van der Waals surface area contributed by atoms with E-state index < -0.39 is 0 Å². The zero-order chi connectivity index (χ0) is 12.5. The van der Waals surface area contributed by atoms with Crippen LogP contribution in [0.15, 0.2) is 0 Å². The summed E-state index contributed by atoms with van der Waals surface area (Å²) < 4.78 is 0. The van der Waals surface area contributed by atoms with Crippen molar-refractivity contribution in [3.63, 3.8) is 0 Å². The van der Waals surface area contributed by atoms with Crippen molar-refractivity contribution in [3.05, 3.63) is 0 Å². The quantitative estimate of drug-likeness (QED) is 0.450. The Balaban J connectivity index is 2.27. The van der Waals surface area contributed by atoms with Crippen molar-refractivity contribution in [2.45, 2.75) is 37.8 Å². The second kappa shape index (κ2) is 8.83.